The molecule has 1 atom stereocenters. The summed E-state index contributed by atoms with van der Waals surface area (Å²) in [6.45, 7) is 4.25. The lowest BCUT2D eigenvalue weighted by atomic mass is 10.1. The third-order valence-electron chi connectivity index (χ3n) is 2.50. The van der Waals surface area contributed by atoms with Gasteiger partial charge in [-0.1, -0.05) is 24.6 Å². The number of rotatable bonds is 2. The fourth-order valence-corrected chi connectivity index (χ4v) is 2.70. The number of hydrogen-bond acceptors (Lipinski definition) is 2. The second-order valence-corrected chi connectivity index (χ2v) is 4.82. The van der Waals surface area contributed by atoms with Crippen molar-refractivity contribution in [3.05, 3.63) is 34.7 Å². The van der Waals surface area contributed by atoms with Crippen molar-refractivity contribution in [2.75, 3.05) is 0 Å². The Morgan fingerprint density at radius 1 is 1.36 bits per heavy atom. The van der Waals surface area contributed by atoms with Crippen LogP contribution in [0.1, 0.15) is 29.8 Å². The van der Waals surface area contributed by atoms with Crippen LogP contribution < -0.4 is 5.73 Å². The van der Waals surface area contributed by atoms with E-state index in [-0.39, 0.29) is 6.04 Å². The molecule has 0 bridgehead atoms. The molecule has 14 heavy (non-hydrogen) atoms. The van der Waals surface area contributed by atoms with E-state index in [1.807, 2.05) is 11.3 Å². The van der Waals surface area contributed by atoms with Crippen LogP contribution in [0.15, 0.2) is 24.3 Å². The van der Waals surface area contributed by atoms with Gasteiger partial charge in [0.15, 0.2) is 0 Å². The maximum absolute atomic E-state index is 6.01. The fourth-order valence-electron chi connectivity index (χ4n) is 1.57. The van der Waals surface area contributed by atoms with Gasteiger partial charge in [-0.15, -0.1) is 11.3 Å². The third-order valence-corrected chi connectivity index (χ3v) is 3.74. The van der Waals surface area contributed by atoms with Crippen LogP contribution in [0.4, 0.5) is 0 Å². The van der Waals surface area contributed by atoms with Gasteiger partial charge in [-0.05, 0) is 30.9 Å². The van der Waals surface area contributed by atoms with Crippen LogP contribution in [-0.2, 0) is 0 Å². The summed E-state index contributed by atoms with van der Waals surface area (Å²) in [5.41, 5.74) is 7.32. The molecule has 74 valence electrons. The number of nitrogens with two attached hydrogens (primary N) is 1. The average molecular weight is 205 g/mol. The number of thiophene rings is 1. The Hall–Kier alpha value is -0.860. The Labute approximate surface area is 88.6 Å². The molecule has 1 heterocycles. The number of fused-ring (bicyclic) bond motifs is 1. The number of hydrogen-bond donors (Lipinski definition) is 1. The maximum atomic E-state index is 6.01. The fraction of sp³-hybridized carbons (Fsp3) is 0.333. The van der Waals surface area contributed by atoms with Gasteiger partial charge in [0, 0.05) is 15.6 Å². The predicted molar refractivity (Wildman–Crippen MR) is 63.8 cm³/mol. The lowest BCUT2D eigenvalue weighted by Gasteiger charge is -2.02. The molecule has 0 saturated heterocycles. The van der Waals surface area contributed by atoms with E-state index < -0.39 is 0 Å². The molecule has 1 unspecified atom stereocenters. The summed E-state index contributed by atoms with van der Waals surface area (Å²) >= 11 is 1.81. The van der Waals surface area contributed by atoms with Crippen molar-refractivity contribution in [3.63, 3.8) is 0 Å². The van der Waals surface area contributed by atoms with Gasteiger partial charge in [0.25, 0.3) is 0 Å². The van der Waals surface area contributed by atoms with E-state index in [0.717, 1.165) is 6.42 Å². The molecule has 2 heteroatoms. The quantitative estimate of drug-likeness (QED) is 0.796. The van der Waals surface area contributed by atoms with E-state index in [2.05, 4.69) is 38.1 Å². The first-order chi connectivity index (χ1) is 6.70. The second-order valence-electron chi connectivity index (χ2n) is 3.70. The highest BCUT2D eigenvalue weighted by Gasteiger charge is 2.07. The number of benzene rings is 1. The minimum atomic E-state index is 0.202. The van der Waals surface area contributed by atoms with E-state index in [0.29, 0.717) is 0 Å². The smallest absolute Gasteiger partial charge is 0.0387 e. The zero-order valence-corrected chi connectivity index (χ0v) is 9.40. The van der Waals surface area contributed by atoms with Gasteiger partial charge in [0.2, 0.25) is 0 Å². The van der Waals surface area contributed by atoms with Crippen molar-refractivity contribution in [3.8, 4) is 0 Å². The first kappa shape index (κ1) is 9.69. The van der Waals surface area contributed by atoms with Gasteiger partial charge in [0.1, 0.15) is 0 Å². The summed E-state index contributed by atoms with van der Waals surface area (Å²) in [6, 6.07) is 8.98. The molecule has 1 nitrogen and oxygen atoms in total. The van der Waals surface area contributed by atoms with Crippen molar-refractivity contribution in [1.82, 2.24) is 0 Å². The Morgan fingerprint density at radius 2 is 2.14 bits per heavy atom. The SMILES string of the molecule is CCC(N)c1cc2cc(C)ccc2s1. The molecule has 0 aliphatic carbocycles. The van der Waals surface area contributed by atoms with E-state index in [9.17, 15) is 0 Å². The van der Waals surface area contributed by atoms with Crippen LogP contribution in [0.3, 0.4) is 0 Å². The molecule has 0 amide bonds. The van der Waals surface area contributed by atoms with E-state index in [1.54, 1.807) is 0 Å². The van der Waals surface area contributed by atoms with Crippen molar-refractivity contribution in [2.45, 2.75) is 26.3 Å². The standard InChI is InChI=1S/C12H15NS/c1-3-10(13)12-7-9-6-8(2)4-5-11(9)14-12/h4-7,10H,3,13H2,1-2H3. The molecule has 0 aliphatic heterocycles. The molecule has 2 aromatic rings. The van der Waals surface area contributed by atoms with Gasteiger partial charge < -0.3 is 5.73 Å². The Morgan fingerprint density at radius 3 is 2.86 bits per heavy atom. The minimum absolute atomic E-state index is 0.202. The topological polar surface area (TPSA) is 26.0 Å². The van der Waals surface area contributed by atoms with E-state index in [4.69, 9.17) is 5.73 Å². The zero-order valence-electron chi connectivity index (χ0n) is 8.58. The minimum Gasteiger partial charge on any atom is -0.323 e. The number of aryl methyl sites for hydroxylation is 1. The monoisotopic (exact) mass is 205 g/mol. The van der Waals surface area contributed by atoms with Gasteiger partial charge >= 0.3 is 0 Å². The van der Waals surface area contributed by atoms with E-state index >= 15 is 0 Å². The highest BCUT2D eigenvalue weighted by Crippen LogP contribution is 2.30. The predicted octanol–water partition coefficient (Wildman–Crippen LogP) is 3.62. The molecule has 0 aliphatic rings. The van der Waals surface area contributed by atoms with Crippen molar-refractivity contribution >= 4 is 21.4 Å². The molecule has 0 saturated carbocycles. The highest BCUT2D eigenvalue weighted by molar-refractivity contribution is 7.19. The van der Waals surface area contributed by atoms with Gasteiger partial charge in [-0.3, -0.25) is 0 Å². The van der Waals surface area contributed by atoms with Gasteiger partial charge in [-0.25, -0.2) is 0 Å². The third kappa shape index (κ3) is 1.68. The molecule has 2 rings (SSSR count). The van der Waals surface area contributed by atoms with Gasteiger partial charge in [0.05, 0.1) is 0 Å². The van der Waals surface area contributed by atoms with Crippen LogP contribution in [-0.4, -0.2) is 0 Å². The second kappa shape index (κ2) is 3.71. The average Bonchev–Trinajstić information content (AvgIpc) is 2.59. The molecule has 1 aromatic heterocycles. The first-order valence-corrected chi connectivity index (χ1v) is 5.78. The molecule has 0 radical (unpaired) electrons. The van der Waals surface area contributed by atoms with Crippen LogP contribution >= 0.6 is 11.3 Å². The largest absolute Gasteiger partial charge is 0.323 e. The van der Waals surface area contributed by atoms with E-state index in [1.165, 1.54) is 20.5 Å². The van der Waals surface area contributed by atoms with Crippen molar-refractivity contribution in [2.24, 2.45) is 5.73 Å². The Balaban J connectivity index is 2.51. The Bertz CT molecular complexity index is 445. The van der Waals surface area contributed by atoms with Crippen molar-refractivity contribution < 1.29 is 0 Å². The normalized spacial score (nSPS) is 13.4. The molecular formula is C12H15NS. The zero-order chi connectivity index (χ0) is 10.1. The lowest BCUT2D eigenvalue weighted by Crippen LogP contribution is -2.05. The van der Waals surface area contributed by atoms with Crippen LogP contribution in [0.5, 0.6) is 0 Å². The molecule has 0 spiro atoms. The summed E-state index contributed by atoms with van der Waals surface area (Å²) in [5.74, 6) is 0. The van der Waals surface area contributed by atoms with Crippen LogP contribution in [0.25, 0.3) is 10.1 Å². The first-order valence-electron chi connectivity index (χ1n) is 4.96. The summed E-state index contributed by atoms with van der Waals surface area (Å²) in [5, 5.41) is 1.33. The molecule has 2 N–H and O–H groups in total. The maximum Gasteiger partial charge on any atom is 0.0387 e. The molecular weight excluding hydrogens is 190 g/mol. The summed E-state index contributed by atoms with van der Waals surface area (Å²) in [4.78, 5) is 1.30. The van der Waals surface area contributed by atoms with Gasteiger partial charge in [-0.2, -0.15) is 0 Å². The highest BCUT2D eigenvalue weighted by atomic mass is 32.1. The lowest BCUT2D eigenvalue weighted by molar-refractivity contribution is 0.712. The van der Waals surface area contributed by atoms with Crippen LogP contribution in [0, 0.1) is 6.92 Å². The van der Waals surface area contributed by atoms with Crippen LogP contribution in [0.2, 0.25) is 0 Å². The summed E-state index contributed by atoms with van der Waals surface area (Å²) in [7, 11) is 0. The van der Waals surface area contributed by atoms with Crippen molar-refractivity contribution in [1.29, 1.82) is 0 Å². The molecule has 1 aromatic carbocycles. The Kier molecular flexibility index (Phi) is 2.57. The summed E-state index contributed by atoms with van der Waals surface area (Å²) < 4.78 is 1.34. The summed E-state index contributed by atoms with van der Waals surface area (Å²) in [6.07, 6.45) is 1.01. The molecule has 0 fully saturated rings.